The summed E-state index contributed by atoms with van der Waals surface area (Å²) in [5, 5.41) is 10.1. The van der Waals surface area contributed by atoms with Gasteiger partial charge in [0.1, 0.15) is 6.10 Å². The third-order valence-electron chi connectivity index (χ3n) is 4.19. The molecular formula is C18H24O3. The van der Waals surface area contributed by atoms with Crippen LogP contribution in [0, 0.1) is 5.92 Å². The SMILES string of the molecule is CC1=CCC(C(C)(C)O)C[C@@H]1OC(=O)Cc1ccccc1. The molecule has 1 unspecified atom stereocenters. The van der Waals surface area contributed by atoms with E-state index in [1.165, 1.54) is 0 Å². The maximum Gasteiger partial charge on any atom is 0.310 e. The minimum atomic E-state index is -0.749. The van der Waals surface area contributed by atoms with Crippen LogP contribution in [-0.4, -0.2) is 22.8 Å². The van der Waals surface area contributed by atoms with Crippen molar-refractivity contribution < 1.29 is 14.6 Å². The zero-order chi connectivity index (χ0) is 15.5. The highest BCUT2D eigenvalue weighted by Gasteiger charge is 2.33. The standard InChI is InChI=1S/C18H24O3/c1-13-9-10-15(18(2,3)20)12-16(13)21-17(19)11-14-7-5-4-6-8-14/h4-9,15-16,20H,10-12H2,1-3H3/t15?,16-/m0/s1. The molecule has 0 spiro atoms. The van der Waals surface area contributed by atoms with Crippen LogP contribution in [-0.2, 0) is 16.0 Å². The first-order valence-electron chi connectivity index (χ1n) is 7.48. The second-order valence-electron chi connectivity index (χ2n) is 6.41. The van der Waals surface area contributed by atoms with E-state index in [9.17, 15) is 9.90 Å². The van der Waals surface area contributed by atoms with Crippen molar-refractivity contribution in [1.29, 1.82) is 0 Å². The molecule has 2 atom stereocenters. The fraction of sp³-hybridized carbons (Fsp3) is 0.500. The lowest BCUT2D eigenvalue weighted by Crippen LogP contribution is -2.37. The molecule has 0 aliphatic heterocycles. The number of carbonyl (C=O) groups excluding carboxylic acids is 1. The van der Waals surface area contributed by atoms with Gasteiger partial charge in [0, 0.05) is 0 Å². The zero-order valence-electron chi connectivity index (χ0n) is 13.0. The van der Waals surface area contributed by atoms with Gasteiger partial charge in [0.15, 0.2) is 0 Å². The van der Waals surface area contributed by atoms with Crippen molar-refractivity contribution in [2.24, 2.45) is 5.92 Å². The summed E-state index contributed by atoms with van der Waals surface area (Å²) >= 11 is 0. The molecule has 3 heteroatoms. The molecule has 1 aromatic rings. The van der Waals surface area contributed by atoms with Gasteiger partial charge in [0.05, 0.1) is 12.0 Å². The van der Waals surface area contributed by atoms with E-state index >= 15 is 0 Å². The zero-order valence-corrected chi connectivity index (χ0v) is 13.0. The Kier molecular flexibility index (Phi) is 4.84. The number of allylic oxidation sites excluding steroid dienone is 1. The second-order valence-corrected chi connectivity index (χ2v) is 6.41. The van der Waals surface area contributed by atoms with Crippen molar-refractivity contribution in [3.05, 3.63) is 47.5 Å². The molecule has 0 saturated heterocycles. The van der Waals surface area contributed by atoms with Crippen molar-refractivity contribution in [2.45, 2.75) is 51.7 Å². The van der Waals surface area contributed by atoms with Gasteiger partial charge in [-0.25, -0.2) is 0 Å². The van der Waals surface area contributed by atoms with Crippen LogP contribution in [0.15, 0.2) is 42.0 Å². The first-order chi connectivity index (χ1) is 9.86. The monoisotopic (exact) mass is 288 g/mol. The quantitative estimate of drug-likeness (QED) is 0.683. The topological polar surface area (TPSA) is 46.5 Å². The minimum Gasteiger partial charge on any atom is -0.458 e. The Morgan fingerprint density at radius 2 is 2.00 bits per heavy atom. The fourth-order valence-electron chi connectivity index (χ4n) is 2.68. The van der Waals surface area contributed by atoms with E-state index in [2.05, 4.69) is 6.08 Å². The number of benzene rings is 1. The predicted molar refractivity (Wildman–Crippen MR) is 82.8 cm³/mol. The molecule has 1 aromatic carbocycles. The lowest BCUT2D eigenvalue weighted by molar-refractivity contribution is -0.148. The summed E-state index contributed by atoms with van der Waals surface area (Å²) in [6.07, 6.45) is 3.67. The van der Waals surface area contributed by atoms with Gasteiger partial charge in [-0.1, -0.05) is 36.4 Å². The molecule has 114 valence electrons. The van der Waals surface area contributed by atoms with E-state index in [-0.39, 0.29) is 24.4 Å². The maximum atomic E-state index is 12.1. The maximum absolute atomic E-state index is 12.1. The van der Waals surface area contributed by atoms with Crippen LogP contribution >= 0.6 is 0 Å². The van der Waals surface area contributed by atoms with E-state index in [1.54, 1.807) is 0 Å². The highest BCUT2D eigenvalue weighted by atomic mass is 16.5. The summed E-state index contributed by atoms with van der Waals surface area (Å²) in [5.74, 6) is -0.0916. The Balaban J connectivity index is 1.96. The molecule has 0 aromatic heterocycles. The van der Waals surface area contributed by atoms with E-state index < -0.39 is 5.60 Å². The Labute approximate surface area is 126 Å². The summed E-state index contributed by atoms with van der Waals surface area (Å²) in [7, 11) is 0. The average molecular weight is 288 g/mol. The summed E-state index contributed by atoms with van der Waals surface area (Å²) in [4.78, 5) is 12.1. The van der Waals surface area contributed by atoms with E-state index in [0.717, 1.165) is 17.6 Å². The summed E-state index contributed by atoms with van der Waals surface area (Å²) in [6.45, 7) is 5.62. The normalized spacial score (nSPS) is 22.6. The number of hydrogen-bond donors (Lipinski definition) is 1. The minimum absolute atomic E-state index is 0.121. The van der Waals surface area contributed by atoms with Crippen molar-refractivity contribution >= 4 is 5.97 Å². The van der Waals surface area contributed by atoms with Crippen LogP contribution in [0.1, 0.15) is 39.2 Å². The molecule has 21 heavy (non-hydrogen) atoms. The van der Waals surface area contributed by atoms with E-state index in [4.69, 9.17) is 4.74 Å². The van der Waals surface area contributed by atoms with Crippen molar-refractivity contribution in [3.8, 4) is 0 Å². The van der Waals surface area contributed by atoms with Crippen molar-refractivity contribution in [3.63, 3.8) is 0 Å². The number of esters is 1. The Morgan fingerprint density at radius 1 is 1.33 bits per heavy atom. The summed E-state index contributed by atoms with van der Waals surface area (Å²) in [6, 6.07) is 9.60. The van der Waals surface area contributed by atoms with Crippen LogP contribution in [0.25, 0.3) is 0 Å². The van der Waals surface area contributed by atoms with Gasteiger partial charge >= 0.3 is 5.97 Å². The Hall–Kier alpha value is -1.61. The van der Waals surface area contributed by atoms with Gasteiger partial charge in [-0.05, 0) is 50.7 Å². The molecule has 0 radical (unpaired) electrons. The third-order valence-corrected chi connectivity index (χ3v) is 4.19. The second kappa shape index (κ2) is 6.44. The summed E-state index contributed by atoms with van der Waals surface area (Å²) in [5.41, 5.74) is 1.29. The third kappa shape index (κ3) is 4.43. The highest BCUT2D eigenvalue weighted by molar-refractivity contribution is 5.73. The first-order valence-corrected chi connectivity index (χ1v) is 7.48. The Bertz CT molecular complexity index is 511. The number of aliphatic hydroxyl groups is 1. The van der Waals surface area contributed by atoms with Crippen LogP contribution in [0.4, 0.5) is 0 Å². The Morgan fingerprint density at radius 3 is 2.62 bits per heavy atom. The van der Waals surface area contributed by atoms with Gasteiger partial charge in [0.25, 0.3) is 0 Å². The first kappa shape index (κ1) is 15.8. The van der Waals surface area contributed by atoms with Gasteiger partial charge < -0.3 is 9.84 Å². The predicted octanol–water partition coefficient (Wildman–Crippen LogP) is 3.27. The molecular weight excluding hydrogens is 264 g/mol. The molecule has 1 aliphatic rings. The highest BCUT2D eigenvalue weighted by Crippen LogP contribution is 2.33. The number of rotatable bonds is 4. The van der Waals surface area contributed by atoms with E-state index in [0.29, 0.717) is 6.42 Å². The van der Waals surface area contributed by atoms with Crippen molar-refractivity contribution in [2.75, 3.05) is 0 Å². The molecule has 2 rings (SSSR count). The van der Waals surface area contributed by atoms with Crippen LogP contribution < -0.4 is 0 Å². The molecule has 1 N–H and O–H groups in total. The number of carbonyl (C=O) groups is 1. The van der Waals surface area contributed by atoms with Gasteiger partial charge in [0.2, 0.25) is 0 Å². The lowest BCUT2D eigenvalue weighted by atomic mass is 9.78. The summed E-state index contributed by atoms with van der Waals surface area (Å²) < 4.78 is 5.61. The molecule has 0 amide bonds. The average Bonchev–Trinajstić information content (AvgIpc) is 2.41. The molecule has 1 aliphatic carbocycles. The van der Waals surface area contributed by atoms with Crippen molar-refractivity contribution in [1.82, 2.24) is 0 Å². The number of ether oxygens (including phenoxy) is 1. The van der Waals surface area contributed by atoms with Gasteiger partial charge in [-0.3, -0.25) is 4.79 Å². The number of hydrogen-bond acceptors (Lipinski definition) is 3. The molecule has 0 bridgehead atoms. The van der Waals surface area contributed by atoms with Crippen LogP contribution in [0.5, 0.6) is 0 Å². The fourth-order valence-corrected chi connectivity index (χ4v) is 2.68. The largest absolute Gasteiger partial charge is 0.458 e. The lowest BCUT2D eigenvalue weighted by Gasteiger charge is -2.35. The molecule has 0 heterocycles. The van der Waals surface area contributed by atoms with Crippen LogP contribution in [0.2, 0.25) is 0 Å². The van der Waals surface area contributed by atoms with Crippen LogP contribution in [0.3, 0.4) is 0 Å². The molecule has 0 saturated carbocycles. The molecule has 3 nitrogen and oxygen atoms in total. The molecule has 0 fully saturated rings. The van der Waals surface area contributed by atoms with E-state index in [1.807, 2.05) is 51.1 Å². The van der Waals surface area contributed by atoms with Gasteiger partial charge in [-0.15, -0.1) is 0 Å². The van der Waals surface area contributed by atoms with Gasteiger partial charge in [-0.2, -0.15) is 0 Å². The smallest absolute Gasteiger partial charge is 0.310 e.